The van der Waals surface area contributed by atoms with E-state index in [1.807, 2.05) is 0 Å². The van der Waals surface area contributed by atoms with Gasteiger partial charge in [-0.3, -0.25) is 18.5 Å². The van der Waals surface area contributed by atoms with E-state index in [0.717, 1.165) is 29.0 Å². The molecule has 35 heavy (non-hydrogen) atoms. The molecule has 0 aliphatic carbocycles. The number of nitrogens with zero attached hydrogens (tertiary/aromatic N) is 2. The largest absolute Gasteiger partial charge is 0.481 e. The molecule has 1 fully saturated rings. The van der Waals surface area contributed by atoms with Gasteiger partial charge in [0.25, 0.3) is 5.56 Å². The Bertz CT molecular complexity index is 1290. The highest BCUT2D eigenvalue weighted by atomic mass is 31.3. The number of phosphoric acid groups is 2. The van der Waals surface area contributed by atoms with E-state index in [-0.39, 0.29) is 18.5 Å². The molecular formula is C17H20F2N2O12P2. The van der Waals surface area contributed by atoms with E-state index in [1.165, 1.54) is 0 Å². The molecule has 2 aromatic rings. The van der Waals surface area contributed by atoms with Crippen LogP contribution in [-0.4, -0.2) is 58.9 Å². The molecule has 5 N–H and O–H groups in total. The molecule has 5 atom stereocenters. The van der Waals surface area contributed by atoms with Crippen LogP contribution in [0.5, 0.6) is 0 Å². The Morgan fingerprint density at radius 1 is 1.06 bits per heavy atom. The second-order valence-electron chi connectivity index (χ2n) is 7.36. The highest BCUT2D eigenvalue weighted by molar-refractivity contribution is 7.60. The summed E-state index contributed by atoms with van der Waals surface area (Å²) in [7, 11) is -10.7. The van der Waals surface area contributed by atoms with Gasteiger partial charge >= 0.3 is 21.3 Å². The van der Waals surface area contributed by atoms with E-state index in [2.05, 4.69) is 8.83 Å². The van der Waals surface area contributed by atoms with Gasteiger partial charge in [-0.05, 0) is 18.1 Å². The van der Waals surface area contributed by atoms with E-state index in [1.54, 1.807) is 0 Å². The molecule has 14 nitrogen and oxygen atoms in total. The number of aromatic nitrogens is 2. The minimum absolute atomic E-state index is 0.0313. The van der Waals surface area contributed by atoms with Crippen LogP contribution in [0.2, 0.25) is 0 Å². The van der Waals surface area contributed by atoms with E-state index in [0.29, 0.717) is 10.6 Å². The maximum atomic E-state index is 13.9. The smallest absolute Gasteiger partial charge is 0.387 e. The van der Waals surface area contributed by atoms with Crippen molar-refractivity contribution in [2.75, 3.05) is 6.61 Å². The molecule has 194 valence electrons. The molecule has 2 heterocycles. The van der Waals surface area contributed by atoms with Crippen LogP contribution in [0.25, 0.3) is 0 Å². The van der Waals surface area contributed by atoms with Crippen LogP contribution in [0.15, 0.2) is 40.1 Å². The van der Waals surface area contributed by atoms with Crippen molar-refractivity contribution in [1.29, 1.82) is 0 Å². The van der Waals surface area contributed by atoms with Crippen LogP contribution in [0.3, 0.4) is 0 Å². The fourth-order valence-electron chi connectivity index (χ4n) is 3.31. The van der Waals surface area contributed by atoms with Crippen LogP contribution >= 0.6 is 15.6 Å². The predicted octanol–water partition coefficient (Wildman–Crippen LogP) is -0.624. The minimum Gasteiger partial charge on any atom is -0.387 e. The lowest BCUT2D eigenvalue weighted by molar-refractivity contribution is -0.0548. The quantitative estimate of drug-likeness (QED) is 0.250. The first-order chi connectivity index (χ1) is 16.2. The first-order valence-electron chi connectivity index (χ1n) is 9.70. The van der Waals surface area contributed by atoms with Crippen molar-refractivity contribution in [1.82, 2.24) is 9.13 Å². The highest BCUT2D eigenvalue weighted by Crippen LogP contribution is 2.57. The molecule has 1 aromatic carbocycles. The summed E-state index contributed by atoms with van der Waals surface area (Å²) in [5.74, 6) is -1.68. The molecule has 0 saturated carbocycles. The zero-order valence-electron chi connectivity index (χ0n) is 17.5. The van der Waals surface area contributed by atoms with Crippen LogP contribution < -0.4 is 11.2 Å². The lowest BCUT2D eigenvalue weighted by Gasteiger charge is -2.19. The van der Waals surface area contributed by atoms with Crippen molar-refractivity contribution in [2.24, 2.45) is 0 Å². The first kappa shape index (κ1) is 27.5. The van der Waals surface area contributed by atoms with Gasteiger partial charge in [0.05, 0.1) is 6.61 Å². The van der Waals surface area contributed by atoms with Gasteiger partial charge in [-0.25, -0.2) is 22.7 Å². The zero-order valence-corrected chi connectivity index (χ0v) is 19.2. The fraction of sp³-hybridized carbons (Fsp3) is 0.412. The van der Waals surface area contributed by atoms with Crippen molar-refractivity contribution in [3.63, 3.8) is 0 Å². The fourth-order valence-corrected chi connectivity index (χ4v) is 4.91. The highest BCUT2D eigenvalue weighted by Gasteiger charge is 2.46. The normalized spacial score (nSPS) is 24.4. The molecule has 1 aromatic heterocycles. The van der Waals surface area contributed by atoms with E-state index < -0.39 is 69.7 Å². The number of aliphatic hydroxyl groups excluding tert-OH is 2. The maximum absolute atomic E-state index is 13.9. The zero-order chi connectivity index (χ0) is 26.1. The number of hydrogen-bond acceptors (Lipinski definition) is 9. The van der Waals surface area contributed by atoms with E-state index in [9.17, 15) is 42.6 Å². The average molecular weight is 544 g/mol. The van der Waals surface area contributed by atoms with Crippen LogP contribution in [0, 0.1) is 11.6 Å². The summed E-state index contributed by atoms with van der Waals surface area (Å²) in [6, 6.07) is 3.74. The van der Waals surface area contributed by atoms with Crippen molar-refractivity contribution in [3.8, 4) is 0 Å². The lowest BCUT2D eigenvalue weighted by atomic mass is 10.1. The summed E-state index contributed by atoms with van der Waals surface area (Å²) in [6.45, 7) is -1.31. The molecule has 0 spiro atoms. The maximum Gasteiger partial charge on any atom is 0.481 e. The molecule has 0 radical (unpaired) electrons. The topological polar surface area (TPSA) is 207 Å². The molecule has 18 heteroatoms. The second kappa shape index (κ2) is 10.5. The third kappa shape index (κ3) is 6.77. The predicted molar refractivity (Wildman–Crippen MR) is 110 cm³/mol. The Balaban J connectivity index is 1.77. The van der Waals surface area contributed by atoms with E-state index >= 15 is 0 Å². The molecule has 1 aliphatic heterocycles. The Morgan fingerprint density at radius 3 is 2.37 bits per heavy atom. The van der Waals surface area contributed by atoms with Gasteiger partial charge in [0.15, 0.2) is 6.23 Å². The van der Waals surface area contributed by atoms with Gasteiger partial charge in [0.2, 0.25) is 0 Å². The van der Waals surface area contributed by atoms with Crippen molar-refractivity contribution in [2.45, 2.75) is 37.5 Å². The summed E-state index contributed by atoms with van der Waals surface area (Å²) in [6.07, 6.45) is -5.97. The third-order valence-corrected chi connectivity index (χ3v) is 7.09. The van der Waals surface area contributed by atoms with Gasteiger partial charge in [-0.2, -0.15) is 4.31 Å². The van der Waals surface area contributed by atoms with Crippen molar-refractivity contribution >= 4 is 15.6 Å². The Kier molecular flexibility index (Phi) is 8.23. The number of rotatable bonds is 9. The second-order valence-corrected chi connectivity index (χ2v) is 10.2. The Labute approximate surface area is 194 Å². The number of halogens is 2. The van der Waals surface area contributed by atoms with Gasteiger partial charge in [-0.1, -0.05) is 6.07 Å². The summed E-state index contributed by atoms with van der Waals surface area (Å²) < 4.78 is 63.9. The number of hydrogen-bond donors (Lipinski definition) is 5. The minimum atomic E-state index is -5.40. The molecule has 0 amide bonds. The van der Waals surface area contributed by atoms with Gasteiger partial charge < -0.3 is 29.6 Å². The molecule has 1 aliphatic rings. The molecule has 1 saturated heterocycles. The SMILES string of the molecule is O=c1ccn([C@@H]2O[C@H](COP(=O)(O)OP(=O)(O)O)C(O)[C@@H]2O)c(=O)n1CCc1ccc(F)cc1F. The number of aliphatic hydroxyl groups is 2. The van der Waals surface area contributed by atoms with Crippen molar-refractivity contribution in [3.05, 3.63) is 68.5 Å². The van der Waals surface area contributed by atoms with Crippen LogP contribution in [-0.2, 0) is 35.7 Å². The summed E-state index contributed by atoms with van der Waals surface area (Å²) >= 11 is 0. The first-order valence-corrected chi connectivity index (χ1v) is 12.7. The molecule has 0 bridgehead atoms. The number of phosphoric ester groups is 1. The lowest BCUT2D eigenvalue weighted by Crippen LogP contribution is -2.43. The van der Waals surface area contributed by atoms with Crippen LogP contribution in [0.4, 0.5) is 8.78 Å². The van der Waals surface area contributed by atoms with Gasteiger partial charge in [0, 0.05) is 24.9 Å². The summed E-state index contributed by atoms with van der Waals surface area (Å²) in [4.78, 5) is 51.6. The summed E-state index contributed by atoms with van der Waals surface area (Å²) in [5.41, 5.74) is -1.77. The van der Waals surface area contributed by atoms with Gasteiger partial charge in [0.1, 0.15) is 29.9 Å². The van der Waals surface area contributed by atoms with Gasteiger partial charge in [-0.15, -0.1) is 0 Å². The molecular weight excluding hydrogens is 524 g/mol. The number of benzene rings is 1. The molecule has 3 rings (SSSR count). The summed E-state index contributed by atoms with van der Waals surface area (Å²) in [5, 5.41) is 20.5. The average Bonchev–Trinajstić information content (AvgIpc) is 3.00. The standard InChI is InChI=1S/C17H20F2N2O12P2/c18-10-2-1-9(11(19)7-10)3-5-20-13(22)4-6-21(17(20)25)16-15(24)14(23)12(32-16)8-31-35(29,30)33-34(26,27)28/h1-2,4,6-7,12,14-16,23-24H,3,5,8H2,(H,29,30)(H2,26,27,28)/t12-,14?,15+,16-/m1/s1. The Hall–Kier alpha value is -2.10. The van der Waals surface area contributed by atoms with Crippen LogP contribution in [0.1, 0.15) is 11.8 Å². The van der Waals surface area contributed by atoms with E-state index in [4.69, 9.17) is 14.5 Å². The monoisotopic (exact) mass is 544 g/mol. The van der Waals surface area contributed by atoms with Crippen molar-refractivity contribution < 1.29 is 56.4 Å². The molecule has 2 unspecified atom stereocenters. The number of ether oxygens (including phenoxy) is 1. The number of aryl methyl sites for hydroxylation is 1. The third-order valence-electron chi connectivity index (χ3n) is 4.94. The Morgan fingerprint density at radius 2 is 1.74 bits per heavy atom.